The number of H-pyrrole nitrogens is 1. The van der Waals surface area contributed by atoms with Crippen LogP contribution in [-0.2, 0) is 17.8 Å². The van der Waals surface area contributed by atoms with Crippen molar-refractivity contribution >= 4 is 0 Å². The first-order valence-electron chi connectivity index (χ1n) is 5.97. The van der Waals surface area contributed by atoms with E-state index in [1.54, 1.807) is 4.68 Å². The average Bonchev–Trinajstić information content (AvgIpc) is 2.69. The Morgan fingerprint density at radius 2 is 2.38 bits per heavy atom. The van der Waals surface area contributed by atoms with Crippen molar-refractivity contribution in [2.24, 2.45) is 0 Å². The molecule has 16 heavy (non-hydrogen) atoms. The van der Waals surface area contributed by atoms with Gasteiger partial charge in [0.1, 0.15) is 0 Å². The SMILES string of the molecule is O=c1c2c([nH]n1C1CCCNC1)CCOC2. The maximum atomic E-state index is 12.1. The fraction of sp³-hybridized carbons (Fsp3) is 0.727. The molecule has 1 unspecified atom stereocenters. The molecule has 1 atom stereocenters. The first-order chi connectivity index (χ1) is 7.86. The predicted octanol–water partition coefficient (Wildman–Crippen LogP) is 0.174. The minimum absolute atomic E-state index is 0.114. The second-order valence-electron chi connectivity index (χ2n) is 4.55. The van der Waals surface area contributed by atoms with E-state index in [9.17, 15) is 4.79 Å². The highest BCUT2D eigenvalue weighted by Gasteiger charge is 2.23. The number of piperidine rings is 1. The Labute approximate surface area is 93.8 Å². The fourth-order valence-electron chi connectivity index (χ4n) is 2.55. The van der Waals surface area contributed by atoms with Crippen molar-refractivity contribution in [3.05, 3.63) is 21.6 Å². The molecule has 0 bridgehead atoms. The normalized spacial score (nSPS) is 25.4. The Hall–Kier alpha value is -1.07. The van der Waals surface area contributed by atoms with Gasteiger partial charge in [0.2, 0.25) is 0 Å². The van der Waals surface area contributed by atoms with Crippen molar-refractivity contribution in [3.63, 3.8) is 0 Å². The van der Waals surface area contributed by atoms with Crippen molar-refractivity contribution in [1.29, 1.82) is 0 Å². The second-order valence-corrected chi connectivity index (χ2v) is 4.55. The molecule has 5 nitrogen and oxygen atoms in total. The van der Waals surface area contributed by atoms with Crippen LogP contribution in [0.5, 0.6) is 0 Å². The van der Waals surface area contributed by atoms with Crippen molar-refractivity contribution in [1.82, 2.24) is 15.1 Å². The van der Waals surface area contributed by atoms with Gasteiger partial charge in [0.25, 0.3) is 5.56 Å². The van der Waals surface area contributed by atoms with E-state index < -0.39 is 0 Å². The molecule has 3 rings (SSSR count). The van der Waals surface area contributed by atoms with Crippen molar-refractivity contribution in [2.45, 2.75) is 31.9 Å². The average molecular weight is 223 g/mol. The van der Waals surface area contributed by atoms with Crippen LogP contribution >= 0.6 is 0 Å². The van der Waals surface area contributed by atoms with E-state index in [1.165, 1.54) is 0 Å². The monoisotopic (exact) mass is 223 g/mol. The van der Waals surface area contributed by atoms with Crippen molar-refractivity contribution in [2.75, 3.05) is 19.7 Å². The number of hydrogen-bond acceptors (Lipinski definition) is 3. The number of nitrogens with zero attached hydrogens (tertiary/aromatic N) is 1. The van der Waals surface area contributed by atoms with Gasteiger partial charge in [-0.2, -0.15) is 0 Å². The van der Waals surface area contributed by atoms with Gasteiger partial charge in [0.15, 0.2) is 0 Å². The molecule has 0 aromatic carbocycles. The molecule has 1 fully saturated rings. The summed E-state index contributed by atoms with van der Waals surface area (Å²) in [6.07, 6.45) is 3.04. The van der Waals surface area contributed by atoms with E-state index in [-0.39, 0.29) is 11.6 Å². The smallest absolute Gasteiger partial charge is 0.272 e. The maximum absolute atomic E-state index is 12.1. The minimum atomic E-state index is 0.114. The Balaban J connectivity index is 1.94. The van der Waals surface area contributed by atoms with E-state index in [0.717, 1.165) is 50.2 Å². The quantitative estimate of drug-likeness (QED) is 0.713. The highest BCUT2D eigenvalue weighted by Crippen LogP contribution is 2.17. The molecule has 0 amide bonds. The topological polar surface area (TPSA) is 59.0 Å². The number of ether oxygens (including phenoxy) is 1. The molecule has 88 valence electrons. The summed E-state index contributed by atoms with van der Waals surface area (Å²) >= 11 is 0. The highest BCUT2D eigenvalue weighted by molar-refractivity contribution is 5.18. The molecular weight excluding hydrogens is 206 g/mol. The molecule has 2 aliphatic heterocycles. The zero-order chi connectivity index (χ0) is 11.0. The third-order valence-electron chi connectivity index (χ3n) is 3.48. The van der Waals surface area contributed by atoms with Crippen molar-refractivity contribution in [3.8, 4) is 0 Å². The first-order valence-corrected chi connectivity index (χ1v) is 5.97. The zero-order valence-corrected chi connectivity index (χ0v) is 9.29. The molecule has 0 saturated carbocycles. The Morgan fingerprint density at radius 3 is 3.12 bits per heavy atom. The molecule has 3 heterocycles. The van der Waals surface area contributed by atoms with Crippen LogP contribution in [0.15, 0.2) is 4.79 Å². The number of fused-ring (bicyclic) bond motifs is 1. The van der Waals surface area contributed by atoms with Gasteiger partial charge in [0.05, 0.1) is 24.8 Å². The lowest BCUT2D eigenvalue weighted by Crippen LogP contribution is -2.36. The lowest BCUT2D eigenvalue weighted by Gasteiger charge is -2.23. The molecular formula is C11H17N3O2. The molecule has 2 N–H and O–H groups in total. The second kappa shape index (κ2) is 4.07. The van der Waals surface area contributed by atoms with Gasteiger partial charge in [-0.3, -0.25) is 9.89 Å². The summed E-state index contributed by atoms with van der Waals surface area (Å²) < 4.78 is 7.13. The third kappa shape index (κ3) is 1.60. The third-order valence-corrected chi connectivity index (χ3v) is 3.48. The zero-order valence-electron chi connectivity index (χ0n) is 9.29. The molecule has 0 radical (unpaired) electrons. The standard InChI is InChI=1S/C11H17N3O2/c15-11-9-7-16-5-3-10(9)13-14(11)8-2-1-4-12-6-8/h8,12-13H,1-7H2. The van der Waals surface area contributed by atoms with E-state index >= 15 is 0 Å². The Bertz CT molecular complexity index is 429. The molecule has 1 saturated heterocycles. The van der Waals surface area contributed by atoms with Crippen LogP contribution in [-0.4, -0.2) is 29.5 Å². The molecule has 1 aromatic heterocycles. The summed E-state index contributed by atoms with van der Waals surface area (Å²) in [7, 11) is 0. The number of aromatic nitrogens is 2. The summed E-state index contributed by atoms with van der Waals surface area (Å²) in [6, 6.07) is 0.284. The summed E-state index contributed by atoms with van der Waals surface area (Å²) in [6.45, 7) is 3.14. The van der Waals surface area contributed by atoms with Gasteiger partial charge in [-0.25, -0.2) is 4.68 Å². The van der Waals surface area contributed by atoms with E-state index in [1.807, 2.05) is 0 Å². The van der Waals surface area contributed by atoms with Crippen LogP contribution in [0.3, 0.4) is 0 Å². The van der Waals surface area contributed by atoms with E-state index in [2.05, 4.69) is 10.4 Å². The summed E-state index contributed by atoms with van der Waals surface area (Å²) in [5.41, 5.74) is 2.02. The number of aromatic amines is 1. The first kappa shape index (κ1) is 10.1. The number of rotatable bonds is 1. The largest absolute Gasteiger partial charge is 0.376 e. The van der Waals surface area contributed by atoms with Gasteiger partial charge in [-0.15, -0.1) is 0 Å². The van der Waals surface area contributed by atoms with E-state index in [0.29, 0.717) is 6.61 Å². The van der Waals surface area contributed by atoms with Crippen LogP contribution < -0.4 is 10.9 Å². The van der Waals surface area contributed by atoms with E-state index in [4.69, 9.17) is 4.74 Å². The molecule has 0 aliphatic carbocycles. The highest BCUT2D eigenvalue weighted by atomic mass is 16.5. The maximum Gasteiger partial charge on any atom is 0.272 e. The molecule has 5 heteroatoms. The molecule has 0 spiro atoms. The minimum Gasteiger partial charge on any atom is -0.376 e. The van der Waals surface area contributed by atoms with Gasteiger partial charge in [-0.05, 0) is 19.4 Å². The summed E-state index contributed by atoms with van der Waals surface area (Å²) in [4.78, 5) is 12.1. The van der Waals surface area contributed by atoms with Gasteiger partial charge in [0, 0.05) is 18.7 Å². The molecule has 2 aliphatic rings. The predicted molar refractivity (Wildman–Crippen MR) is 59.6 cm³/mol. The Kier molecular flexibility index (Phi) is 2.57. The van der Waals surface area contributed by atoms with Crippen LogP contribution in [0.25, 0.3) is 0 Å². The van der Waals surface area contributed by atoms with Crippen LogP contribution in [0.1, 0.15) is 30.1 Å². The van der Waals surface area contributed by atoms with Gasteiger partial charge < -0.3 is 10.1 Å². The lowest BCUT2D eigenvalue weighted by molar-refractivity contribution is 0.109. The van der Waals surface area contributed by atoms with Gasteiger partial charge >= 0.3 is 0 Å². The van der Waals surface area contributed by atoms with Crippen LogP contribution in [0.2, 0.25) is 0 Å². The molecule has 1 aromatic rings. The lowest BCUT2D eigenvalue weighted by atomic mass is 10.1. The summed E-state index contributed by atoms with van der Waals surface area (Å²) in [5, 5.41) is 6.59. The van der Waals surface area contributed by atoms with Gasteiger partial charge in [-0.1, -0.05) is 0 Å². The van der Waals surface area contributed by atoms with Crippen LogP contribution in [0, 0.1) is 0 Å². The van der Waals surface area contributed by atoms with Crippen LogP contribution in [0.4, 0.5) is 0 Å². The van der Waals surface area contributed by atoms with Crippen molar-refractivity contribution < 1.29 is 4.74 Å². The number of hydrogen-bond donors (Lipinski definition) is 2. The number of nitrogens with one attached hydrogen (secondary N) is 2. The Morgan fingerprint density at radius 1 is 1.44 bits per heavy atom. The summed E-state index contributed by atoms with van der Waals surface area (Å²) in [5.74, 6) is 0. The fourth-order valence-corrected chi connectivity index (χ4v) is 2.55.